The normalized spacial score (nSPS) is 14.5. The topological polar surface area (TPSA) is 70.2 Å². The molecule has 0 saturated heterocycles. The summed E-state index contributed by atoms with van der Waals surface area (Å²) < 4.78 is 0. The minimum Gasteiger partial charge on any atom is -0.355 e. The Morgan fingerprint density at radius 1 is 1.27 bits per heavy atom. The number of hydrogen-bond donors (Lipinski definition) is 3. The molecular weight excluding hydrogens is 194 g/mol. The molecule has 86 valence electrons. The van der Waals surface area contributed by atoms with E-state index in [-0.39, 0.29) is 18.5 Å². The van der Waals surface area contributed by atoms with Crippen molar-refractivity contribution in [3.63, 3.8) is 0 Å². The fourth-order valence-electron chi connectivity index (χ4n) is 1.09. The number of rotatable bonds is 6. The van der Waals surface area contributed by atoms with Gasteiger partial charge in [-0.3, -0.25) is 4.79 Å². The summed E-state index contributed by atoms with van der Waals surface area (Å²) in [7, 11) is 0. The lowest BCUT2D eigenvalue weighted by Crippen LogP contribution is -2.42. The summed E-state index contributed by atoms with van der Waals surface area (Å²) in [4.78, 5) is 22.3. The predicted octanol–water partition coefficient (Wildman–Crippen LogP) is 0.364. The van der Waals surface area contributed by atoms with Crippen molar-refractivity contribution in [1.82, 2.24) is 16.0 Å². The molecule has 0 unspecified atom stereocenters. The average molecular weight is 213 g/mol. The number of nitrogens with one attached hydrogen (secondary N) is 3. The highest BCUT2D eigenvalue weighted by Gasteiger charge is 2.23. The van der Waals surface area contributed by atoms with Crippen LogP contribution in [-0.4, -0.2) is 31.1 Å². The molecule has 0 heterocycles. The van der Waals surface area contributed by atoms with Gasteiger partial charge in [0.15, 0.2) is 0 Å². The van der Waals surface area contributed by atoms with Crippen LogP contribution in [0.15, 0.2) is 0 Å². The smallest absolute Gasteiger partial charge is 0.315 e. The lowest BCUT2D eigenvalue weighted by atomic mass is 10.3. The van der Waals surface area contributed by atoms with E-state index >= 15 is 0 Å². The standard InChI is InChI=1S/C10H19N3O2/c1-2-3-6-11-9(14)7-12-10(15)13-8-4-5-8/h8H,2-7H2,1H3,(H,11,14)(H2,12,13,15). The summed E-state index contributed by atoms with van der Waals surface area (Å²) >= 11 is 0. The summed E-state index contributed by atoms with van der Waals surface area (Å²) in [6, 6.07) is 0.0799. The summed E-state index contributed by atoms with van der Waals surface area (Å²) in [5, 5.41) is 7.99. The van der Waals surface area contributed by atoms with E-state index in [1.165, 1.54) is 0 Å². The Morgan fingerprint density at radius 2 is 2.00 bits per heavy atom. The first kappa shape index (κ1) is 11.8. The van der Waals surface area contributed by atoms with Gasteiger partial charge in [-0.15, -0.1) is 0 Å². The highest BCUT2D eigenvalue weighted by atomic mass is 16.2. The van der Waals surface area contributed by atoms with Crippen LogP contribution in [0.4, 0.5) is 4.79 Å². The van der Waals surface area contributed by atoms with Gasteiger partial charge in [0.1, 0.15) is 0 Å². The van der Waals surface area contributed by atoms with Crippen molar-refractivity contribution >= 4 is 11.9 Å². The van der Waals surface area contributed by atoms with E-state index in [2.05, 4.69) is 22.9 Å². The van der Waals surface area contributed by atoms with Crippen molar-refractivity contribution in [3.8, 4) is 0 Å². The first-order valence-corrected chi connectivity index (χ1v) is 5.53. The molecule has 0 aliphatic heterocycles. The minimum absolute atomic E-state index is 0.0578. The molecule has 5 nitrogen and oxygen atoms in total. The van der Waals surface area contributed by atoms with Crippen LogP contribution in [0.5, 0.6) is 0 Å². The maximum absolute atomic E-state index is 11.2. The van der Waals surface area contributed by atoms with E-state index in [9.17, 15) is 9.59 Å². The van der Waals surface area contributed by atoms with E-state index in [1.807, 2.05) is 0 Å². The van der Waals surface area contributed by atoms with E-state index in [0.29, 0.717) is 12.6 Å². The molecule has 5 heteroatoms. The lowest BCUT2D eigenvalue weighted by Gasteiger charge is -2.07. The molecule has 0 aromatic carbocycles. The second-order valence-electron chi connectivity index (χ2n) is 3.80. The van der Waals surface area contributed by atoms with Gasteiger partial charge < -0.3 is 16.0 Å². The second-order valence-corrected chi connectivity index (χ2v) is 3.80. The van der Waals surface area contributed by atoms with Crippen molar-refractivity contribution in [2.75, 3.05) is 13.1 Å². The Kier molecular flexibility index (Phi) is 4.93. The maximum Gasteiger partial charge on any atom is 0.315 e. The van der Waals surface area contributed by atoms with E-state index < -0.39 is 0 Å². The zero-order valence-electron chi connectivity index (χ0n) is 9.14. The van der Waals surface area contributed by atoms with Crippen LogP contribution in [0.2, 0.25) is 0 Å². The molecule has 0 aromatic heterocycles. The highest BCUT2D eigenvalue weighted by Crippen LogP contribution is 2.17. The number of carbonyl (C=O) groups excluding carboxylic acids is 2. The predicted molar refractivity (Wildman–Crippen MR) is 57.5 cm³/mol. The minimum atomic E-state index is -0.247. The number of amides is 3. The first-order valence-electron chi connectivity index (χ1n) is 5.53. The molecule has 1 fully saturated rings. The molecule has 0 aromatic rings. The SMILES string of the molecule is CCCCNC(=O)CNC(=O)NC1CC1. The molecular formula is C10H19N3O2. The fraction of sp³-hybridized carbons (Fsp3) is 0.800. The van der Waals surface area contributed by atoms with Crippen LogP contribution >= 0.6 is 0 Å². The van der Waals surface area contributed by atoms with Gasteiger partial charge in [-0.25, -0.2) is 4.79 Å². The largest absolute Gasteiger partial charge is 0.355 e. The molecule has 1 rings (SSSR count). The Morgan fingerprint density at radius 3 is 2.60 bits per heavy atom. The van der Waals surface area contributed by atoms with Gasteiger partial charge in [0.25, 0.3) is 0 Å². The van der Waals surface area contributed by atoms with Crippen molar-refractivity contribution < 1.29 is 9.59 Å². The quantitative estimate of drug-likeness (QED) is 0.558. The molecule has 1 aliphatic rings. The summed E-state index contributed by atoms with van der Waals surface area (Å²) in [6.45, 7) is 2.80. The van der Waals surface area contributed by atoms with E-state index in [4.69, 9.17) is 0 Å². The van der Waals surface area contributed by atoms with Crippen molar-refractivity contribution in [1.29, 1.82) is 0 Å². The number of hydrogen-bond acceptors (Lipinski definition) is 2. The Bertz CT molecular complexity index is 227. The van der Waals surface area contributed by atoms with Gasteiger partial charge in [0.2, 0.25) is 5.91 Å². The molecule has 0 radical (unpaired) electrons. The highest BCUT2D eigenvalue weighted by molar-refractivity contribution is 5.84. The molecule has 3 N–H and O–H groups in total. The monoisotopic (exact) mass is 213 g/mol. The lowest BCUT2D eigenvalue weighted by molar-refractivity contribution is -0.120. The van der Waals surface area contributed by atoms with Crippen molar-refractivity contribution in [3.05, 3.63) is 0 Å². The van der Waals surface area contributed by atoms with Gasteiger partial charge in [-0.2, -0.15) is 0 Å². The molecule has 1 saturated carbocycles. The Labute approximate surface area is 90.0 Å². The maximum atomic E-state index is 11.2. The summed E-state index contributed by atoms with van der Waals surface area (Å²) in [5.41, 5.74) is 0. The van der Waals surface area contributed by atoms with Crippen molar-refractivity contribution in [2.24, 2.45) is 0 Å². The molecule has 1 aliphatic carbocycles. The van der Waals surface area contributed by atoms with Crippen molar-refractivity contribution in [2.45, 2.75) is 38.6 Å². The van der Waals surface area contributed by atoms with E-state index in [1.54, 1.807) is 0 Å². The van der Waals surface area contributed by atoms with Gasteiger partial charge in [0, 0.05) is 12.6 Å². The first-order chi connectivity index (χ1) is 7.22. The Hall–Kier alpha value is -1.26. The van der Waals surface area contributed by atoms with Gasteiger partial charge in [-0.05, 0) is 19.3 Å². The summed E-state index contributed by atoms with van der Waals surface area (Å²) in [6.07, 6.45) is 4.13. The van der Waals surface area contributed by atoms with Gasteiger partial charge in [0.05, 0.1) is 6.54 Å². The second kappa shape index (κ2) is 6.27. The fourth-order valence-corrected chi connectivity index (χ4v) is 1.09. The third-order valence-electron chi connectivity index (χ3n) is 2.17. The van der Waals surface area contributed by atoms with Crippen LogP contribution in [0, 0.1) is 0 Å². The molecule has 3 amide bonds. The molecule has 0 atom stereocenters. The number of unbranched alkanes of at least 4 members (excludes halogenated alkanes) is 1. The van der Waals surface area contributed by atoms with Crippen LogP contribution in [0.3, 0.4) is 0 Å². The van der Waals surface area contributed by atoms with Crippen LogP contribution in [0.25, 0.3) is 0 Å². The van der Waals surface area contributed by atoms with E-state index in [0.717, 1.165) is 25.7 Å². The average Bonchev–Trinajstić information content (AvgIpc) is 2.99. The molecule has 0 bridgehead atoms. The third kappa shape index (κ3) is 5.93. The van der Waals surface area contributed by atoms with Gasteiger partial charge in [-0.1, -0.05) is 13.3 Å². The zero-order valence-corrected chi connectivity index (χ0v) is 9.14. The van der Waals surface area contributed by atoms with Crippen LogP contribution < -0.4 is 16.0 Å². The van der Waals surface area contributed by atoms with Gasteiger partial charge >= 0.3 is 6.03 Å². The summed E-state index contributed by atoms with van der Waals surface area (Å²) in [5.74, 6) is -0.130. The number of carbonyl (C=O) groups is 2. The zero-order chi connectivity index (χ0) is 11.1. The molecule has 0 spiro atoms. The number of urea groups is 1. The van der Waals surface area contributed by atoms with Crippen LogP contribution in [0.1, 0.15) is 32.6 Å². The molecule has 15 heavy (non-hydrogen) atoms. The third-order valence-corrected chi connectivity index (χ3v) is 2.17. The van der Waals surface area contributed by atoms with Crippen LogP contribution in [-0.2, 0) is 4.79 Å². The Balaban J connectivity index is 1.97.